The molecule has 3 N–H and O–H groups in total. The molecule has 0 saturated heterocycles. The van der Waals surface area contributed by atoms with Gasteiger partial charge in [-0.1, -0.05) is 6.07 Å². The SMILES string of the molecule is CN(Cc1cccs1)C(=O)c1cccnc1NN. The Morgan fingerprint density at radius 1 is 1.50 bits per heavy atom. The molecule has 1 amide bonds. The Morgan fingerprint density at radius 3 is 3.00 bits per heavy atom. The maximum atomic E-state index is 12.2. The summed E-state index contributed by atoms with van der Waals surface area (Å²) in [6.07, 6.45) is 1.59. The molecule has 0 bridgehead atoms. The monoisotopic (exact) mass is 262 g/mol. The number of hydrazine groups is 1. The van der Waals surface area contributed by atoms with Gasteiger partial charge in [0.05, 0.1) is 12.1 Å². The third-order valence-corrected chi connectivity index (χ3v) is 3.36. The van der Waals surface area contributed by atoms with Crippen LogP contribution in [0.25, 0.3) is 0 Å². The van der Waals surface area contributed by atoms with Crippen molar-refractivity contribution < 1.29 is 4.79 Å². The van der Waals surface area contributed by atoms with Gasteiger partial charge in [-0.2, -0.15) is 0 Å². The standard InChI is InChI=1S/C12H14N4OS/c1-16(8-9-4-3-7-18-9)12(17)10-5-2-6-14-11(10)15-13/h2-7H,8,13H2,1H3,(H,14,15). The number of rotatable bonds is 4. The predicted octanol–water partition coefficient (Wildman–Crippen LogP) is 1.70. The molecule has 6 heteroatoms. The van der Waals surface area contributed by atoms with Crippen molar-refractivity contribution in [1.29, 1.82) is 0 Å². The highest BCUT2D eigenvalue weighted by Gasteiger charge is 2.16. The maximum absolute atomic E-state index is 12.2. The summed E-state index contributed by atoms with van der Waals surface area (Å²) in [7, 11) is 1.76. The van der Waals surface area contributed by atoms with Crippen molar-refractivity contribution in [2.45, 2.75) is 6.54 Å². The molecule has 18 heavy (non-hydrogen) atoms. The Kier molecular flexibility index (Phi) is 3.91. The van der Waals surface area contributed by atoms with E-state index in [1.165, 1.54) is 0 Å². The largest absolute Gasteiger partial charge is 0.336 e. The second kappa shape index (κ2) is 5.61. The number of aromatic nitrogens is 1. The number of carbonyl (C=O) groups excluding carboxylic acids is 1. The highest BCUT2D eigenvalue weighted by molar-refractivity contribution is 7.09. The summed E-state index contributed by atoms with van der Waals surface area (Å²) >= 11 is 1.62. The molecule has 0 aromatic carbocycles. The van der Waals surface area contributed by atoms with Gasteiger partial charge in [0.15, 0.2) is 5.82 Å². The van der Waals surface area contributed by atoms with Crippen molar-refractivity contribution in [1.82, 2.24) is 9.88 Å². The molecule has 0 saturated carbocycles. The van der Waals surface area contributed by atoms with E-state index in [2.05, 4.69) is 10.4 Å². The van der Waals surface area contributed by atoms with Crippen LogP contribution >= 0.6 is 11.3 Å². The zero-order valence-electron chi connectivity index (χ0n) is 9.96. The number of anilines is 1. The molecule has 0 aliphatic heterocycles. The van der Waals surface area contributed by atoms with E-state index in [1.807, 2.05) is 17.5 Å². The number of carbonyl (C=O) groups is 1. The Hall–Kier alpha value is -1.92. The van der Waals surface area contributed by atoms with Gasteiger partial charge in [-0.25, -0.2) is 10.8 Å². The summed E-state index contributed by atoms with van der Waals surface area (Å²) < 4.78 is 0. The zero-order chi connectivity index (χ0) is 13.0. The van der Waals surface area contributed by atoms with Gasteiger partial charge in [-0.15, -0.1) is 11.3 Å². The molecule has 0 fully saturated rings. The number of nitrogen functional groups attached to an aromatic ring is 1. The second-order valence-electron chi connectivity index (χ2n) is 3.78. The van der Waals surface area contributed by atoms with E-state index in [4.69, 9.17) is 5.84 Å². The Bertz CT molecular complexity index is 527. The number of nitrogens with two attached hydrogens (primary N) is 1. The lowest BCUT2D eigenvalue weighted by Crippen LogP contribution is -2.27. The van der Waals surface area contributed by atoms with Crippen LogP contribution in [0.5, 0.6) is 0 Å². The lowest BCUT2D eigenvalue weighted by atomic mass is 10.2. The zero-order valence-corrected chi connectivity index (χ0v) is 10.8. The summed E-state index contributed by atoms with van der Waals surface area (Å²) in [5, 5.41) is 1.99. The lowest BCUT2D eigenvalue weighted by Gasteiger charge is -2.17. The molecule has 5 nitrogen and oxygen atoms in total. The van der Waals surface area contributed by atoms with Gasteiger partial charge in [0.25, 0.3) is 5.91 Å². The molecular weight excluding hydrogens is 248 g/mol. The molecule has 0 aliphatic rings. The van der Waals surface area contributed by atoms with E-state index in [0.29, 0.717) is 17.9 Å². The van der Waals surface area contributed by atoms with E-state index in [0.717, 1.165) is 4.88 Å². The number of thiophene rings is 1. The maximum Gasteiger partial charge on any atom is 0.257 e. The van der Waals surface area contributed by atoms with Crippen molar-refractivity contribution in [2.24, 2.45) is 5.84 Å². The molecule has 0 radical (unpaired) electrons. The van der Waals surface area contributed by atoms with Crippen LogP contribution in [0.1, 0.15) is 15.2 Å². The molecule has 2 heterocycles. The fourth-order valence-electron chi connectivity index (χ4n) is 1.61. The van der Waals surface area contributed by atoms with Gasteiger partial charge in [-0.05, 0) is 23.6 Å². The van der Waals surface area contributed by atoms with Crippen LogP contribution in [0.2, 0.25) is 0 Å². The van der Waals surface area contributed by atoms with Crippen LogP contribution in [0.3, 0.4) is 0 Å². The Labute approximate surface area is 109 Å². The number of amides is 1. The Balaban J connectivity index is 2.15. The van der Waals surface area contributed by atoms with Crippen LogP contribution < -0.4 is 11.3 Å². The predicted molar refractivity (Wildman–Crippen MR) is 72.2 cm³/mol. The molecule has 0 unspecified atom stereocenters. The first kappa shape index (κ1) is 12.5. The first-order chi connectivity index (χ1) is 8.72. The minimum atomic E-state index is -0.107. The third kappa shape index (κ3) is 2.66. The van der Waals surface area contributed by atoms with Crippen molar-refractivity contribution in [3.05, 3.63) is 46.3 Å². The van der Waals surface area contributed by atoms with E-state index in [-0.39, 0.29) is 5.91 Å². The fraction of sp³-hybridized carbons (Fsp3) is 0.167. The van der Waals surface area contributed by atoms with E-state index in [1.54, 1.807) is 41.6 Å². The topological polar surface area (TPSA) is 71.2 Å². The third-order valence-electron chi connectivity index (χ3n) is 2.49. The number of hydrogen-bond donors (Lipinski definition) is 2. The first-order valence-corrected chi connectivity index (χ1v) is 6.30. The number of pyridine rings is 1. The summed E-state index contributed by atoms with van der Waals surface area (Å²) in [5.41, 5.74) is 2.91. The quantitative estimate of drug-likeness (QED) is 0.650. The average molecular weight is 262 g/mol. The van der Waals surface area contributed by atoms with Crippen LogP contribution in [-0.2, 0) is 6.54 Å². The van der Waals surface area contributed by atoms with E-state index < -0.39 is 0 Å². The second-order valence-corrected chi connectivity index (χ2v) is 4.82. The van der Waals surface area contributed by atoms with Gasteiger partial charge < -0.3 is 10.3 Å². The summed E-state index contributed by atoms with van der Waals surface area (Å²) in [6, 6.07) is 7.39. The van der Waals surface area contributed by atoms with Crippen LogP contribution in [0, 0.1) is 0 Å². The number of nitrogens with zero attached hydrogens (tertiary/aromatic N) is 2. The van der Waals surface area contributed by atoms with Crippen LogP contribution in [-0.4, -0.2) is 22.8 Å². The molecule has 2 aromatic heterocycles. The van der Waals surface area contributed by atoms with Gasteiger partial charge in [0, 0.05) is 18.1 Å². The molecule has 94 valence electrons. The smallest absolute Gasteiger partial charge is 0.257 e. The molecule has 2 aromatic rings. The summed E-state index contributed by atoms with van der Waals surface area (Å²) in [5.74, 6) is 5.63. The molecule has 0 atom stereocenters. The first-order valence-electron chi connectivity index (χ1n) is 5.42. The Morgan fingerprint density at radius 2 is 2.33 bits per heavy atom. The minimum absolute atomic E-state index is 0.107. The van der Waals surface area contributed by atoms with Crippen LogP contribution in [0.4, 0.5) is 5.82 Å². The number of nitrogens with one attached hydrogen (secondary N) is 1. The van der Waals surface area contributed by atoms with E-state index in [9.17, 15) is 4.79 Å². The molecule has 2 rings (SSSR count). The molecule has 0 spiro atoms. The normalized spacial score (nSPS) is 10.1. The highest BCUT2D eigenvalue weighted by Crippen LogP contribution is 2.16. The van der Waals surface area contributed by atoms with Gasteiger partial charge >= 0.3 is 0 Å². The lowest BCUT2D eigenvalue weighted by molar-refractivity contribution is 0.0787. The highest BCUT2D eigenvalue weighted by atomic mass is 32.1. The molecule has 0 aliphatic carbocycles. The number of hydrogen-bond acceptors (Lipinski definition) is 5. The van der Waals surface area contributed by atoms with Gasteiger partial charge in [-0.3, -0.25) is 4.79 Å². The van der Waals surface area contributed by atoms with Crippen molar-refractivity contribution >= 4 is 23.1 Å². The van der Waals surface area contributed by atoms with Gasteiger partial charge in [0.2, 0.25) is 0 Å². The summed E-state index contributed by atoms with van der Waals surface area (Å²) in [6.45, 7) is 0.579. The van der Waals surface area contributed by atoms with Crippen molar-refractivity contribution in [3.63, 3.8) is 0 Å². The van der Waals surface area contributed by atoms with Gasteiger partial charge in [0.1, 0.15) is 0 Å². The van der Waals surface area contributed by atoms with Crippen LogP contribution in [0.15, 0.2) is 35.8 Å². The minimum Gasteiger partial charge on any atom is -0.336 e. The van der Waals surface area contributed by atoms with Crippen molar-refractivity contribution in [2.75, 3.05) is 12.5 Å². The molecular formula is C12H14N4OS. The summed E-state index contributed by atoms with van der Waals surface area (Å²) in [4.78, 5) is 19.0. The fourth-order valence-corrected chi connectivity index (χ4v) is 2.36. The average Bonchev–Trinajstić information content (AvgIpc) is 2.90. The van der Waals surface area contributed by atoms with Crippen molar-refractivity contribution in [3.8, 4) is 0 Å². The van der Waals surface area contributed by atoms with E-state index >= 15 is 0 Å².